The van der Waals surface area contributed by atoms with Crippen LogP contribution in [0.3, 0.4) is 0 Å². The average molecular weight is 494 g/mol. The number of piperidine rings is 1. The smallest absolute Gasteiger partial charge is 0.507 e. The zero-order chi connectivity index (χ0) is 24.1. The number of fused-ring (bicyclic) bond motifs is 1. The molecule has 1 aliphatic heterocycles. The third-order valence-corrected chi connectivity index (χ3v) is 6.87. The summed E-state index contributed by atoms with van der Waals surface area (Å²) in [6.45, 7) is 0.610. The summed E-state index contributed by atoms with van der Waals surface area (Å²) in [4.78, 5) is 33.7. The van der Waals surface area contributed by atoms with Crippen LogP contribution in [0.15, 0.2) is 45.6 Å². The Kier molecular flexibility index (Phi) is 6.35. The van der Waals surface area contributed by atoms with Gasteiger partial charge in [0.15, 0.2) is 5.43 Å². The maximum Gasteiger partial charge on any atom is 0.524 e. The number of hydrogen-bond acceptors (Lipinski definition) is 7. The lowest BCUT2D eigenvalue weighted by molar-refractivity contribution is 0.0432. The molecule has 0 amide bonds. The lowest BCUT2D eigenvalue weighted by Gasteiger charge is -2.40. The van der Waals surface area contributed by atoms with Gasteiger partial charge >= 0.3 is 7.82 Å². The summed E-state index contributed by atoms with van der Waals surface area (Å²) in [5, 5.41) is 21.9. The van der Waals surface area contributed by atoms with Crippen molar-refractivity contribution < 1.29 is 33.5 Å². The molecule has 0 aliphatic carbocycles. The lowest BCUT2D eigenvalue weighted by Crippen LogP contribution is -2.50. The van der Waals surface area contributed by atoms with Crippen LogP contribution in [0.25, 0.3) is 22.3 Å². The Morgan fingerprint density at radius 3 is 2.64 bits per heavy atom. The zero-order valence-corrected chi connectivity index (χ0v) is 19.5. The van der Waals surface area contributed by atoms with Crippen LogP contribution < -0.4 is 9.95 Å². The molecule has 9 nitrogen and oxygen atoms in total. The second-order valence-corrected chi connectivity index (χ2v) is 9.73. The Morgan fingerprint density at radius 2 is 1.97 bits per heavy atom. The van der Waals surface area contributed by atoms with Crippen LogP contribution in [0, 0.1) is 0 Å². The van der Waals surface area contributed by atoms with Crippen molar-refractivity contribution in [1.29, 1.82) is 0 Å². The maximum absolute atomic E-state index is 13.1. The molecule has 4 rings (SSSR count). The molecule has 1 aromatic heterocycles. The van der Waals surface area contributed by atoms with Gasteiger partial charge in [0.05, 0.1) is 11.1 Å². The molecule has 1 saturated heterocycles. The number of phosphoric ester groups is 1. The van der Waals surface area contributed by atoms with Gasteiger partial charge < -0.3 is 24.1 Å². The van der Waals surface area contributed by atoms with Gasteiger partial charge in [-0.05, 0) is 32.1 Å². The van der Waals surface area contributed by atoms with Gasteiger partial charge in [-0.2, -0.15) is 0 Å². The van der Waals surface area contributed by atoms with E-state index in [1.165, 1.54) is 0 Å². The first-order valence-corrected chi connectivity index (χ1v) is 12.1. The summed E-state index contributed by atoms with van der Waals surface area (Å²) in [5.74, 6) is -1.68. The van der Waals surface area contributed by atoms with E-state index < -0.39 is 36.8 Å². The molecule has 3 aromatic rings. The summed E-state index contributed by atoms with van der Waals surface area (Å²) in [7, 11) is -1.35. The van der Waals surface area contributed by atoms with Gasteiger partial charge in [-0.3, -0.25) is 14.6 Å². The Morgan fingerprint density at radius 1 is 1.27 bits per heavy atom. The second kappa shape index (κ2) is 8.79. The molecule has 12 heteroatoms. The molecule has 33 heavy (non-hydrogen) atoms. The number of aromatic hydroxyl groups is 1. The first-order chi connectivity index (χ1) is 15.5. The molecular weight excluding hydrogens is 471 g/mol. The Balaban J connectivity index is 2.04. The first-order valence-electron chi connectivity index (χ1n) is 10.2. The Hall–Kier alpha value is -2.33. The van der Waals surface area contributed by atoms with Gasteiger partial charge in [-0.15, -0.1) is 0 Å². The summed E-state index contributed by atoms with van der Waals surface area (Å²) in [5.41, 5.74) is -0.184. The standard InChI is InChI=1S/C21H22BClNO8P/c1-24-7-6-11(19(27)21(24)22)17-13(25)9-16(32-33(28,29)30)18-14(26)8-15(31-20(17)18)10-4-2-3-5-12(10)23/h2-5,8-9,11,19,21,25,27H,6-7,22H2,1H3,(H2,28,29,30)/t11-,19+,21?/m1/s1. The van der Waals surface area contributed by atoms with Gasteiger partial charge in [-0.1, -0.05) is 23.7 Å². The number of benzene rings is 2. The zero-order valence-electron chi connectivity index (χ0n) is 17.8. The van der Waals surface area contributed by atoms with E-state index in [1.807, 2.05) is 19.8 Å². The van der Waals surface area contributed by atoms with Gasteiger partial charge in [0.25, 0.3) is 0 Å². The largest absolute Gasteiger partial charge is 0.524 e. The number of likely N-dealkylation sites (tertiary alicyclic amines) is 1. The molecule has 1 aliphatic rings. The van der Waals surface area contributed by atoms with Gasteiger partial charge in [0, 0.05) is 35.1 Å². The van der Waals surface area contributed by atoms with Crippen LogP contribution in [0.4, 0.5) is 0 Å². The highest BCUT2D eigenvalue weighted by Crippen LogP contribution is 2.47. The molecule has 3 atom stereocenters. The quantitative estimate of drug-likeness (QED) is 0.317. The minimum Gasteiger partial charge on any atom is -0.507 e. The molecular formula is C21H22BClNO8P. The Labute approximate surface area is 194 Å². The number of aliphatic hydroxyl groups excluding tert-OH is 1. The van der Waals surface area contributed by atoms with Crippen LogP contribution in [-0.4, -0.2) is 58.4 Å². The fourth-order valence-corrected chi connectivity index (χ4v) is 4.92. The Bertz CT molecular complexity index is 1330. The normalized spacial score (nSPS) is 21.9. The number of nitrogens with zero attached hydrogens (tertiary/aromatic N) is 1. The number of rotatable bonds is 4. The van der Waals surface area contributed by atoms with Crippen molar-refractivity contribution >= 4 is 38.2 Å². The molecule has 2 aromatic carbocycles. The number of phosphoric acid groups is 1. The van der Waals surface area contributed by atoms with E-state index in [0.717, 1.165) is 12.1 Å². The van der Waals surface area contributed by atoms with E-state index in [1.54, 1.807) is 24.3 Å². The molecule has 2 heterocycles. The minimum atomic E-state index is -5.06. The van der Waals surface area contributed by atoms with Gasteiger partial charge in [-0.25, -0.2) is 4.57 Å². The summed E-state index contributed by atoms with van der Waals surface area (Å²) in [6, 6.07) is 8.80. The number of aliphatic hydroxyl groups is 1. The third kappa shape index (κ3) is 4.55. The van der Waals surface area contributed by atoms with Crippen LogP contribution in [0.5, 0.6) is 11.5 Å². The van der Waals surface area contributed by atoms with E-state index in [0.29, 0.717) is 23.6 Å². The average Bonchev–Trinajstić information content (AvgIpc) is 2.72. The van der Waals surface area contributed by atoms with Crippen molar-refractivity contribution in [2.24, 2.45) is 0 Å². The predicted octanol–water partition coefficient (Wildman–Crippen LogP) is 2.03. The molecule has 0 radical (unpaired) electrons. The lowest BCUT2D eigenvalue weighted by atomic mass is 9.74. The number of phenols is 1. The molecule has 174 valence electrons. The fraction of sp³-hybridized carbons (Fsp3) is 0.286. The highest BCUT2D eigenvalue weighted by molar-refractivity contribution is 7.46. The van der Waals surface area contributed by atoms with Crippen LogP contribution in [0.1, 0.15) is 17.9 Å². The van der Waals surface area contributed by atoms with E-state index in [4.69, 9.17) is 20.5 Å². The minimum absolute atomic E-state index is 0.0996. The van der Waals surface area contributed by atoms with Gasteiger partial charge in [0.1, 0.15) is 36.1 Å². The fourth-order valence-electron chi connectivity index (χ4n) is 4.29. The monoisotopic (exact) mass is 493 g/mol. The summed E-state index contributed by atoms with van der Waals surface area (Å²) < 4.78 is 22.3. The highest BCUT2D eigenvalue weighted by Gasteiger charge is 2.37. The number of hydrogen-bond donors (Lipinski definition) is 4. The van der Waals surface area contributed by atoms with E-state index in [9.17, 15) is 29.4 Å². The SMILES string of the molecule is BC1[C@@H](O)[C@@H](c2c(O)cc(OP(=O)(O)O)c3c(=O)cc(-c4ccccc4Cl)oc23)CCN1C. The van der Waals surface area contributed by atoms with E-state index in [2.05, 4.69) is 0 Å². The van der Waals surface area contributed by atoms with Crippen molar-refractivity contribution in [3.05, 3.63) is 57.2 Å². The van der Waals surface area contributed by atoms with Gasteiger partial charge in [0.2, 0.25) is 0 Å². The summed E-state index contributed by atoms with van der Waals surface area (Å²) in [6.07, 6.45) is -0.454. The van der Waals surface area contributed by atoms with Crippen LogP contribution in [-0.2, 0) is 4.57 Å². The first kappa shape index (κ1) is 23.8. The maximum atomic E-state index is 13.1. The van der Waals surface area contributed by atoms with Crippen LogP contribution in [0.2, 0.25) is 5.02 Å². The molecule has 4 N–H and O–H groups in total. The summed E-state index contributed by atoms with van der Waals surface area (Å²) >= 11 is 6.27. The van der Waals surface area contributed by atoms with Crippen molar-refractivity contribution in [1.82, 2.24) is 4.90 Å². The molecule has 1 fully saturated rings. The highest BCUT2D eigenvalue weighted by atomic mass is 35.5. The van der Waals surface area contributed by atoms with Crippen molar-refractivity contribution in [2.45, 2.75) is 24.4 Å². The second-order valence-electron chi connectivity index (χ2n) is 8.16. The number of phenolic OH excluding ortho intramolecular Hbond substituents is 1. The van der Waals surface area contributed by atoms with Crippen molar-refractivity contribution in [3.63, 3.8) is 0 Å². The number of likely N-dealkylation sites (N-methyl/N-ethyl adjacent to an activating group) is 1. The topological polar surface area (TPSA) is 141 Å². The molecule has 0 saturated carbocycles. The predicted molar refractivity (Wildman–Crippen MR) is 126 cm³/mol. The number of halogens is 1. The van der Waals surface area contributed by atoms with Crippen LogP contribution >= 0.6 is 19.4 Å². The third-order valence-electron chi connectivity index (χ3n) is 6.10. The molecule has 0 spiro atoms. The van der Waals surface area contributed by atoms with Crippen molar-refractivity contribution in [2.75, 3.05) is 13.6 Å². The van der Waals surface area contributed by atoms with E-state index in [-0.39, 0.29) is 28.2 Å². The van der Waals surface area contributed by atoms with E-state index >= 15 is 0 Å². The van der Waals surface area contributed by atoms with Crippen molar-refractivity contribution in [3.8, 4) is 22.8 Å². The molecule has 0 bridgehead atoms. The molecule has 1 unspecified atom stereocenters.